The van der Waals surface area contributed by atoms with Gasteiger partial charge in [0.25, 0.3) is 5.91 Å². The van der Waals surface area contributed by atoms with Crippen molar-refractivity contribution in [1.82, 2.24) is 20.9 Å². The number of carbonyl (C=O) groups excluding carboxylic acids is 1. The third-order valence-electron chi connectivity index (χ3n) is 6.07. The Labute approximate surface area is 215 Å². The summed E-state index contributed by atoms with van der Waals surface area (Å²) in [5.41, 5.74) is 3.18. The van der Waals surface area contributed by atoms with Crippen LogP contribution in [-0.4, -0.2) is 49.0 Å². The van der Waals surface area contributed by atoms with Crippen LogP contribution in [0.1, 0.15) is 54.6 Å². The standard InChI is InChI=1S/C26H37N5O.HI/c1-4-20(2)29-25(32)23-12-10-21(11-13-23)18-28-26(27-3)30-24-14-16-31(17-15-24)19-22-8-6-5-7-9-22;/h5-13,20,24H,4,14-19H2,1-3H3,(H,29,32)(H2,27,28,30);1H. The van der Waals surface area contributed by atoms with Gasteiger partial charge >= 0.3 is 0 Å². The van der Waals surface area contributed by atoms with Gasteiger partial charge in [-0.15, -0.1) is 24.0 Å². The second-order valence-corrected chi connectivity index (χ2v) is 8.59. The molecule has 0 aromatic heterocycles. The van der Waals surface area contributed by atoms with Crippen molar-refractivity contribution in [2.75, 3.05) is 20.1 Å². The van der Waals surface area contributed by atoms with Crippen LogP contribution in [0.4, 0.5) is 0 Å². The molecule has 180 valence electrons. The molecule has 0 bridgehead atoms. The maximum Gasteiger partial charge on any atom is 0.251 e. The number of nitrogens with zero attached hydrogens (tertiary/aromatic N) is 2. The van der Waals surface area contributed by atoms with Crippen molar-refractivity contribution >= 4 is 35.8 Å². The molecule has 3 rings (SSSR count). The summed E-state index contributed by atoms with van der Waals surface area (Å²) >= 11 is 0. The molecule has 1 aliphatic rings. The molecule has 1 fully saturated rings. The van der Waals surface area contributed by atoms with E-state index in [1.54, 1.807) is 0 Å². The number of rotatable bonds is 8. The molecule has 1 saturated heterocycles. The molecular formula is C26H38IN5O. The summed E-state index contributed by atoms with van der Waals surface area (Å²) in [7, 11) is 1.81. The van der Waals surface area contributed by atoms with E-state index in [9.17, 15) is 4.79 Å². The van der Waals surface area contributed by atoms with Crippen LogP contribution in [0, 0.1) is 0 Å². The molecule has 1 unspecified atom stereocenters. The summed E-state index contributed by atoms with van der Waals surface area (Å²) in [6.45, 7) is 7.94. The number of likely N-dealkylation sites (tertiary alicyclic amines) is 1. The maximum absolute atomic E-state index is 12.2. The third kappa shape index (κ3) is 8.97. The molecule has 0 spiro atoms. The zero-order valence-corrected chi connectivity index (χ0v) is 22.3. The highest BCUT2D eigenvalue weighted by atomic mass is 127. The van der Waals surface area contributed by atoms with Crippen LogP contribution in [0.5, 0.6) is 0 Å². The molecule has 0 radical (unpaired) electrons. The molecule has 7 heteroatoms. The van der Waals surface area contributed by atoms with Crippen LogP contribution >= 0.6 is 24.0 Å². The highest BCUT2D eigenvalue weighted by molar-refractivity contribution is 14.0. The van der Waals surface area contributed by atoms with Gasteiger partial charge in [-0.05, 0) is 49.4 Å². The van der Waals surface area contributed by atoms with Gasteiger partial charge in [0.05, 0.1) is 0 Å². The van der Waals surface area contributed by atoms with E-state index in [-0.39, 0.29) is 35.9 Å². The van der Waals surface area contributed by atoms with Gasteiger partial charge < -0.3 is 16.0 Å². The molecule has 2 aromatic carbocycles. The Morgan fingerprint density at radius 2 is 1.73 bits per heavy atom. The van der Waals surface area contributed by atoms with Gasteiger partial charge in [0.15, 0.2) is 5.96 Å². The fraction of sp³-hybridized carbons (Fsp3) is 0.462. The lowest BCUT2D eigenvalue weighted by Crippen LogP contribution is -2.48. The van der Waals surface area contributed by atoms with Crippen molar-refractivity contribution in [3.8, 4) is 0 Å². The van der Waals surface area contributed by atoms with E-state index in [2.05, 4.69) is 63.1 Å². The van der Waals surface area contributed by atoms with Crippen LogP contribution < -0.4 is 16.0 Å². The summed E-state index contributed by atoms with van der Waals surface area (Å²) in [6, 6.07) is 19.0. The summed E-state index contributed by atoms with van der Waals surface area (Å²) in [4.78, 5) is 19.1. The molecule has 1 heterocycles. The fourth-order valence-corrected chi connectivity index (χ4v) is 3.83. The van der Waals surface area contributed by atoms with E-state index in [1.807, 2.05) is 38.2 Å². The quantitative estimate of drug-likeness (QED) is 0.257. The van der Waals surface area contributed by atoms with Gasteiger partial charge in [-0.2, -0.15) is 0 Å². The van der Waals surface area contributed by atoms with Crippen molar-refractivity contribution in [2.45, 2.75) is 58.3 Å². The highest BCUT2D eigenvalue weighted by Gasteiger charge is 2.20. The topological polar surface area (TPSA) is 68.8 Å². The zero-order valence-electron chi connectivity index (χ0n) is 20.0. The Kier molecular flexibility index (Phi) is 11.7. The number of nitrogens with one attached hydrogen (secondary N) is 3. The predicted molar refractivity (Wildman–Crippen MR) is 147 cm³/mol. The Morgan fingerprint density at radius 3 is 2.33 bits per heavy atom. The summed E-state index contributed by atoms with van der Waals surface area (Å²) in [6.07, 6.45) is 3.13. The van der Waals surface area contributed by atoms with E-state index < -0.39 is 0 Å². The average molecular weight is 564 g/mol. The lowest BCUT2D eigenvalue weighted by molar-refractivity contribution is 0.0939. The minimum Gasteiger partial charge on any atom is -0.354 e. The second kappa shape index (κ2) is 14.2. The Balaban J connectivity index is 0.00000385. The zero-order chi connectivity index (χ0) is 22.8. The highest BCUT2D eigenvalue weighted by Crippen LogP contribution is 2.14. The number of piperidine rings is 1. The predicted octanol–water partition coefficient (Wildman–Crippen LogP) is 4.16. The maximum atomic E-state index is 12.2. The van der Waals surface area contributed by atoms with Crippen molar-refractivity contribution < 1.29 is 4.79 Å². The summed E-state index contributed by atoms with van der Waals surface area (Å²) in [5.74, 6) is 0.806. The Bertz CT molecular complexity index is 864. The van der Waals surface area contributed by atoms with Crippen LogP contribution in [0.3, 0.4) is 0 Å². The molecular weight excluding hydrogens is 525 g/mol. The largest absolute Gasteiger partial charge is 0.354 e. The summed E-state index contributed by atoms with van der Waals surface area (Å²) < 4.78 is 0. The first kappa shape index (κ1) is 27.1. The Morgan fingerprint density at radius 1 is 1.06 bits per heavy atom. The van der Waals surface area contributed by atoms with Crippen molar-refractivity contribution in [2.24, 2.45) is 4.99 Å². The van der Waals surface area contributed by atoms with Crippen molar-refractivity contribution in [3.05, 3.63) is 71.3 Å². The van der Waals surface area contributed by atoms with Crippen LogP contribution in [0.15, 0.2) is 59.6 Å². The SMILES string of the molecule is CCC(C)NC(=O)c1ccc(CNC(=NC)NC2CCN(Cc3ccccc3)CC2)cc1.I. The summed E-state index contributed by atoms with van der Waals surface area (Å²) in [5, 5.41) is 9.96. The number of guanidine groups is 1. The monoisotopic (exact) mass is 563 g/mol. The van der Waals surface area contributed by atoms with Crippen molar-refractivity contribution in [3.63, 3.8) is 0 Å². The van der Waals surface area contributed by atoms with Gasteiger partial charge in [0, 0.05) is 50.9 Å². The first-order valence-electron chi connectivity index (χ1n) is 11.7. The molecule has 1 amide bonds. The molecule has 1 atom stereocenters. The van der Waals surface area contributed by atoms with Gasteiger partial charge in [-0.25, -0.2) is 0 Å². The number of hydrogen-bond acceptors (Lipinski definition) is 3. The first-order chi connectivity index (χ1) is 15.6. The molecule has 6 nitrogen and oxygen atoms in total. The lowest BCUT2D eigenvalue weighted by Gasteiger charge is -2.33. The number of halogens is 1. The number of carbonyl (C=O) groups is 1. The molecule has 3 N–H and O–H groups in total. The lowest BCUT2D eigenvalue weighted by atomic mass is 10.0. The first-order valence-corrected chi connectivity index (χ1v) is 11.7. The van der Waals surface area contributed by atoms with Gasteiger partial charge in [0.1, 0.15) is 0 Å². The normalized spacial score (nSPS) is 15.9. The van der Waals surface area contributed by atoms with E-state index in [0.29, 0.717) is 18.2 Å². The average Bonchev–Trinajstić information content (AvgIpc) is 2.83. The van der Waals surface area contributed by atoms with Gasteiger partial charge in [0.2, 0.25) is 0 Å². The number of aliphatic imine (C=N–C) groups is 1. The number of amides is 1. The van der Waals surface area contributed by atoms with Crippen molar-refractivity contribution in [1.29, 1.82) is 0 Å². The Hall–Kier alpha value is -2.13. The molecule has 1 aliphatic heterocycles. The van der Waals surface area contributed by atoms with E-state index in [4.69, 9.17) is 0 Å². The van der Waals surface area contributed by atoms with Gasteiger partial charge in [-0.3, -0.25) is 14.7 Å². The molecule has 0 aliphatic carbocycles. The number of hydrogen-bond donors (Lipinski definition) is 3. The smallest absolute Gasteiger partial charge is 0.251 e. The minimum absolute atomic E-state index is 0. The van der Waals surface area contributed by atoms with Crippen LogP contribution in [0.25, 0.3) is 0 Å². The fourth-order valence-electron chi connectivity index (χ4n) is 3.83. The van der Waals surface area contributed by atoms with E-state index >= 15 is 0 Å². The van der Waals surface area contributed by atoms with Crippen LogP contribution in [0.2, 0.25) is 0 Å². The minimum atomic E-state index is -0.0186. The van der Waals surface area contributed by atoms with Crippen LogP contribution in [-0.2, 0) is 13.1 Å². The molecule has 0 saturated carbocycles. The third-order valence-corrected chi connectivity index (χ3v) is 6.07. The second-order valence-electron chi connectivity index (χ2n) is 8.59. The van der Waals surface area contributed by atoms with Gasteiger partial charge in [-0.1, -0.05) is 49.4 Å². The van der Waals surface area contributed by atoms with E-state index in [0.717, 1.165) is 50.4 Å². The molecule has 33 heavy (non-hydrogen) atoms. The van der Waals surface area contributed by atoms with E-state index in [1.165, 1.54) is 5.56 Å². The number of benzene rings is 2. The molecule has 2 aromatic rings.